The van der Waals surface area contributed by atoms with Gasteiger partial charge in [-0.1, -0.05) is 191 Å². The number of amides is 2. The molecule has 28 heteroatoms. The first-order valence-corrected chi connectivity index (χ1v) is 35.7. The number of alkyl halides is 1. The lowest BCUT2D eigenvalue weighted by Crippen LogP contribution is -2.41. The molecule has 86 heavy (non-hydrogen) atoms. The van der Waals surface area contributed by atoms with Crippen LogP contribution in [0.5, 0.6) is 0 Å². The Morgan fingerprint density at radius 3 is 0.965 bits per heavy atom. The fraction of sp³-hybridized carbons (Fsp3) is 0.862. The van der Waals surface area contributed by atoms with Gasteiger partial charge in [0.25, 0.3) is 0 Å². The summed E-state index contributed by atoms with van der Waals surface area (Å²) in [5.74, 6) is -6.51. The second-order valence-corrected chi connectivity index (χ2v) is 25.1. The number of carbonyl (C=O) groups is 8. The molecule has 0 aromatic carbocycles. The molecule has 0 aliphatic carbocycles. The highest BCUT2D eigenvalue weighted by Crippen LogP contribution is 2.20. The number of ketones is 3. The van der Waals surface area contributed by atoms with Gasteiger partial charge in [0.05, 0.1) is 17.9 Å². The first-order valence-electron chi connectivity index (χ1n) is 30.4. The van der Waals surface area contributed by atoms with Crippen molar-refractivity contribution in [3.63, 3.8) is 0 Å². The minimum absolute atomic E-state index is 0. The summed E-state index contributed by atoms with van der Waals surface area (Å²) in [7, 11) is 1.74. The smallest absolute Gasteiger partial charge is 0.326 e. The third-order valence-corrected chi connectivity index (χ3v) is 16.5. The summed E-state index contributed by atoms with van der Waals surface area (Å²) < 4.78 is 0. The van der Waals surface area contributed by atoms with Crippen molar-refractivity contribution in [3.05, 3.63) is 20.9 Å². The number of carbonyl (C=O) groups excluding carboxylic acids is 5. The van der Waals surface area contributed by atoms with E-state index in [-0.39, 0.29) is 123 Å². The topological polar surface area (TPSA) is 319 Å². The molecule has 0 rings (SSSR count). The van der Waals surface area contributed by atoms with E-state index in [1.165, 1.54) is 142 Å². The number of nitrogens with zero attached hydrogens (tertiary/aromatic N) is 6. The fourth-order valence-electron chi connectivity index (χ4n) is 8.99. The van der Waals surface area contributed by atoms with Crippen molar-refractivity contribution < 1.29 is 53.7 Å². The van der Waals surface area contributed by atoms with Crippen molar-refractivity contribution in [3.8, 4) is 0 Å². The molecule has 0 heterocycles. The van der Waals surface area contributed by atoms with Crippen LogP contribution in [-0.4, -0.2) is 93.9 Å². The number of azide groups is 2. The third kappa shape index (κ3) is 74.2. The lowest BCUT2D eigenvalue weighted by atomic mass is 9.94. The first-order chi connectivity index (χ1) is 39.5. The lowest BCUT2D eigenvalue weighted by Gasteiger charge is -2.17. The van der Waals surface area contributed by atoms with E-state index >= 15 is 0 Å². The molecule has 0 spiro atoms. The van der Waals surface area contributed by atoms with Gasteiger partial charge in [-0.05, 0) is 93.0 Å². The second-order valence-electron chi connectivity index (χ2n) is 20.9. The predicted octanol–water partition coefficient (Wildman–Crippen LogP) is 17.4. The van der Waals surface area contributed by atoms with Gasteiger partial charge in [0.15, 0.2) is 5.78 Å². The summed E-state index contributed by atoms with van der Waals surface area (Å²) in [4.78, 5) is 101. The summed E-state index contributed by atoms with van der Waals surface area (Å²) in [6.45, 7) is 6.46. The van der Waals surface area contributed by atoms with Crippen LogP contribution in [0.1, 0.15) is 278 Å². The van der Waals surface area contributed by atoms with Crippen LogP contribution in [0.3, 0.4) is 0 Å². The molecule has 0 aliphatic rings. The number of hydrogen-bond donors (Lipinski definition) is 5. The Kier molecular flexibility index (Phi) is 91.5. The maximum absolute atomic E-state index is 12.3. The molecule has 0 saturated heterocycles. The highest BCUT2D eigenvalue weighted by atomic mass is 35.5. The fourth-order valence-corrected chi connectivity index (χ4v) is 8.99. The van der Waals surface area contributed by atoms with E-state index < -0.39 is 53.6 Å². The molecule has 0 aromatic heterocycles. The van der Waals surface area contributed by atoms with Gasteiger partial charge in [-0.25, -0.2) is 4.79 Å². The highest BCUT2D eigenvalue weighted by molar-refractivity contribution is 8.40. The molecule has 0 saturated carbocycles. The van der Waals surface area contributed by atoms with E-state index in [0.29, 0.717) is 51.5 Å². The Morgan fingerprint density at radius 1 is 0.430 bits per heavy atom. The van der Waals surface area contributed by atoms with E-state index in [9.17, 15) is 53.7 Å². The van der Waals surface area contributed by atoms with Crippen LogP contribution in [0.25, 0.3) is 20.9 Å². The Bertz CT molecular complexity index is 1710. The summed E-state index contributed by atoms with van der Waals surface area (Å²) in [6.07, 6.45) is 36.4. The highest BCUT2D eigenvalue weighted by Gasteiger charge is 2.26. The van der Waals surface area contributed by atoms with Gasteiger partial charge in [0, 0.05) is 81.9 Å². The van der Waals surface area contributed by atoms with Gasteiger partial charge in [-0.2, -0.15) is 54.0 Å². The summed E-state index contributed by atoms with van der Waals surface area (Å²) in [5, 5.41) is 40.2. The number of hydrogen-bond acceptors (Lipinski definition) is 12. The molecule has 0 unspecified atom stereocenters. The van der Waals surface area contributed by atoms with Crippen LogP contribution in [0, 0.1) is 11.8 Å². The van der Waals surface area contributed by atoms with Crippen molar-refractivity contribution in [1.82, 2.24) is 10.6 Å². The molecule has 0 fully saturated rings. The van der Waals surface area contributed by atoms with Gasteiger partial charge < -0.3 is 26.0 Å². The summed E-state index contributed by atoms with van der Waals surface area (Å²) in [6, 6.07) is -1.73. The molecule has 4 atom stereocenters. The van der Waals surface area contributed by atoms with Gasteiger partial charge in [0.2, 0.25) is 11.8 Å². The van der Waals surface area contributed by atoms with Crippen molar-refractivity contribution in [2.45, 2.75) is 290 Å². The van der Waals surface area contributed by atoms with E-state index in [4.69, 9.17) is 11.1 Å². The zero-order valence-corrected chi connectivity index (χ0v) is 60.6. The molecular formula is C58H113ClN8O11P2S6. The SMILES string of the molecule is CCCCCCCCCCCCCCCC(=O)C[C@@H](CCC(=O)N[C@@H](CCCCN=[N+]=[N-])C(=O)O)C(=O)O.CCCCCCCCCCCCCCCC(=O)C[C@@H](CCC(=O)N[C@@H](CCCCN=[N+]=[N-])C(C)=O)C(=O)O.CCl.S.S.S.S.S=PP=S. The number of unbranched alkanes of at least 4 members (excludes halogenated alkanes) is 26. The van der Waals surface area contributed by atoms with Crippen molar-refractivity contribution >= 4 is 150 Å². The average Bonchev–Trinajstić information content (AvgIpc) is 3.46. The minimum Gasteiger partial charge on any atom is -0.481 e. The molecule has 0 aliphatic heterocycles. The van der Waals surface area contributed by atoms with Crippen LogP contribution < -0.4 is 10.6 Å². The van der Waals surface area contributed by atoms with Crippen molar-refractivity contribution in [2.24, 2.45) is 22.1 Å². The van der Waals surface area contributed by atoms with E-state index in [1.54, 1.807) is 0 Å². The number of nitrogens with one attached hydrogen (secondary N) is 2. The Labute approximate surface area is 562 Å². The lowest BCUT2D eigenvalue weighted by molar-refractivity contribution is -0.145. The molecule has 2 amide bonds. The normalized spacial score (nSPS) is 11.4. The third-order valence-electron chi connectivity index (χ3n) is 13.8. The van der Waals surface area contributed by atoms with Crippen LogP contribution in [0.4, 0.5) is 0 Å². The van der Waals surface area contributed by atoms with Crippen molar-refractivity contribution in [2.75, 3.05) is 19.5 Å². The zero-order chi connectivity index (χ0) is 62.3. The number of carboxylic acids is 3. The zero-order valence-electron chi connectivity index (χ0n) is 52.4. The number of Topliss-reactive ketones (excluding diaryl/α,β-unsaturated/α-hetero) is 3. The average molecular weight is 1390 g/mol. The standard InChI is InChI=1S/C29H52N4O5.C28H50N4O6.CH3Cl.P2S2.4H2S/c1-3-4-5-6-7-8-9-10-11-12-13-14-15-18-26(35)23-25(29(37)38)20-21-28(36)32-27(24(2)34)19-16-17-22-31-33-30;1-2-3-4-5-6-7-8-9-10-11-12-13-14-17-24(33)22-23(27(35)36)19-20-26(34)31-25(28(37)38)18-15-16-21-30-32-29;1-2;3-1-2-4;;;;/h25,27H,3-23H2,1-2H3,(H,32,36)(H,37,38);23,25H,2-22H2,1H3,(H,31,34)(H,35,36)(H,37,38);1H3;;4*1H2/t25-,27+;23-,25+;;;;;;/m11....../s1. The Hall–Kier alpha value is -2.29. The molecule has 5 N–H and O–H groups in total. The number of carboxylic acid groups (broad SMARTS) is 3. The van der Waals surface area contributed by atoms with Crippen LogP contribution >= 0.6 is 79.7 Å². The summed E-state index contributed by atoms with van der Waals surface area (Å²) in [5.41, 5.74) is 16.5. The van der Waals surface area contributed by atoms with Gasteiger partial charge in [-0.15, -0.1) is 11.6 Å². The molecule has 0 radical (unpaired) electrons. The maximum atomic E-state index is 12.3. The van der Waals surface area contributed by atoms with Gasteiger partial charge >= 0.3 is 17.9 Å². The second kappa shape index (κ2) is 78.8. The van der Waals surface area contributed by atoms with Crippen molar-refractivity contribution in [1.29, 1.82) is 0 Å². The minimum atomic E-state index is -1.18. The maximum Gasteiger partial charge on any atom is 0.326 e. The first kappa shape index (κ1) is 99.9. The molecule has 0 aromatic rings. The molecule has 19 nitrogen and oxygen atoms in total. The molecule has 0 bridgehead atoms. The van der Waals surface area contributed by atoms with Crippen LogP contribution in [0.2, 0.25) is 0 Å². The number of rotatable bonds is 55. The quantitative estimate of drug-likeness (QED) is 0.00946. The van der Waals surface area contributed by atoms with E-state index in [1.807, 2.05) is 0 Å². The van der Waals surface area contributed by atoms with E-state index in [0.717, 1.165) is 52.6 Å². The van der Waals surface area contributed by atoms with Gasteiger partial charge in [0.1, 0.15) is 17.6 Å². The Morgan fingerprint density at radius 2 is 0.709 bits per heavy atom. The summed E-state index contributed by atoms with van der Waals surface area (Å²) >= 11 is 13.5. The monoisotopic (exact) mass is 1390 g/mol. The van der Waals surface area contributed by atoms with Crippen LogP contribution in [0.15, 0.2) is 10.2 Å². The predicted molar refractivity (Wildman–Crippen MR) is 380 cm³/mol. The molecular weight excluding hydrogens is 1270 g/mol. The molecule has 504 valence electrons. The number of halogens is 1. The number of aliphatic carboxylic acids is 3. The van der Waals surface area contributed by atoms with E-state index in [2.05, 4.69) is 79.7 Å². The Balaban J connectivity index is -0.000000207. The largest absolute Gasteiger partial charge is 0.481 e. The van der Waals surface area contributed by atoms with Gasteiger partial charge in [-0.3, -0.25) is 33.6 Å². The van der Waals surface area contributed by atoms with Crippen LogP contribution in [-0.2, 0) is 62.0 Å².